The van der Waals surface area contributed by atoms with E-state index in [2.05, 4.69) is 15.3 Å². The van der Waals surface area contributed by atoms with Crippen LogP contribution in [0.5, 0.6) is 0 Å². The average molecular weight is 156 g/mol. The second kappa shape index (κ2) is 2.53. The highest BCUT2D eigenvalue weighted by atomic mass is 16.5. The van der Waals surface area contributed by atoms with Crippen LogP contribution in [0.2, 0.25) is 0 Å². The van der Waals surface area contributed by atoms with Gasteiger partial charge in [-0.3, -0.25) is 5.43 Å². The molecule has 4 heteroatoms. The Balaban J connectivity index is 2.66. The quantitative estimate of drug-likeness (QED) is 0.555. The lowest BCUT2D eigenvalue weighted by Crippen LogP contribution is -2.44. The third kappa shape index (κ3) is 1.34. The van der Waals surface area contributed by atoms with E-state index in [9.17, 15) is 4.79 Å². The van der Waals surface area contributed by atoms with E-state index in [4.69, 9.17) is 0 Å². The molecule has 0 aliphatic carbocycles. The molecule has 1 rings (SSSR count). The number of carbonyl (C=O) groups excluding carboxylic acids is 1. The molecule has 0 aromatic carbocycles. The first-order valence-electron chi connectivity index (χ1n) is 3.47. The predicted octanol–water partition coefficient (Wildman–Crippen LogP) is 0.287. The summed E-state index contributed by atoms with van der Waals surface area (Å²) in [6, 6.07) is 0. The number of ether oxygens (including phenoxy) is 1. The number of hydrogen-bond acceptors (Lipinski definition) is 4. The Labute approximate surface area is 65.6 Å². The summed E-state index contributed by atoms with van der Waals surface area (Å²) >= 11 is 0. The second-order valence-electron chi connectivity index (χ2n) is 2.96. The third-order valence-electron chi connectivity index (χ3n) is 1.74. The van der Waals surface area contributed by atoms with Gasteiger partial charge < -0.3 is 4.74 Å². The molecule has 1 atom stereocenters. The Hall–Kier alpha value is -1.06. The van der Waals surface area contributed by atoms with Crippen molar-refractivity contribution >= 4 is 11.7 Å². The SMILES string of the molecule is COC(=O)C1(C)CC(C)=NN1. The van der Waals surface area contributed by atoms with Crippen LogP contribution in [0.25, 0.3) is 0 Å². The van der Waals surface area contributed by atoms with E-state index in [0.29, 0.717) is 6.42 Å². The molecule has 11 heavy (non-hydrogen) atoms. The van der Waals surface area contributed by atoms with Crippen LogP contribution in [-0.2, 0) is 9.53 Å². The van der Waals surface area contributed by atoms with Crippen molar-refractivity contribution in [1.82, 2.24) is 5.43 Å². The van der Waals surface area contributed by atoms with Crippen LogP contribution in [0.1, 0.15) is 20.3 Å². The zero-order valence-corrected chi connectivity index (χ0v) is 6.97. The highest BCUT2D eigenvalue weighted by Gasteiger charge is 2.38. The first kappa shape index (κ1) is 8.04. The minimum atomic E-state index is -0.640. The van der Waals surface area contributed by atoms with Crippen LogP contribution < -0.4 is 5.43 Å². The number of esters is 1. The van der Waals surface area contributed by atoms with E-state index < -0.39 is 5.54 Å². The van der Waals surface area contributed by atoms with Crippen molar-refractivity contribution in [3.05, 3.63) is 0 Å². The largest absolute Gasteiger partial charge is 0.467 e. The van der Waals surface area contributed by atoms with Gasteiger partial charge in [-0.2, -0.15) is 5.10 Å². The Bertz CT molecular complexity index is 212. The zero-order chi connectivity index (χ0) is 8.48. The standard InChI is InChI=1S/C7H12N2O2/c1-5-4-7(2,9-8-5)6(10)11-3/h9H,4H2,1-3H3. The van der Waals surface area contributed by atoms with Crippen molar-refractivity contribution < 1.29 is 9.53 Å². The monoisotopic (exact) mass is 156 g/mol. The molecular formula is C7H12N2O2. The summed E-state index contributed by atoms with van der Waals surface area (Å²) in [5.74, 6) is -0.266. The molecule has 1 N–H and O–H groups in total. The number of carbonyl (C=O) groups is 1. The number of hydrogen-bond donors (Lipinski definition) is 1. The van der Waals surface area contributed by atoms with Crippen LogP contribution in [0.15, 0.2) is 5.10 Å². The topological polar surface area (TPSA) is 50.7 Å². The van der Waals surface area contributed by atoms with Crippen LogP contribution >= 0.6 is 0 Å². The molecule has 0 bridgehead atoms. The molecule has 1 heterocycles. The Morgan fingerprint density at radius 1 is 1.82 bits per heavy atom. The van der Waals surface area contributed by atoms with Gasteiger partial charge in [0.2, 0.25) is 0 Å². The van der Waals surface area contributed by atoms with Gasteiger partial charge in [0.15, 0.2) is 5.54 Å². The molecule has 0 saturated heterocycles. The van der Waals surface area contributed by atoms with Crippen molar-refractivity contribution in [2.75, 3.05) is 7.11 Å². The zero-order valence-electron chi connectivity index (χ0n) is 6.97. The maximum atomic E-state index is 11.1. The molecule has 0 spiro atoms. The highest BCUT2D eigenvalue weighted by molar-refractivity contribution is 5.93. The number of rotatable bonds is 1. The van der Waals surface area contributed by atoms with E-state index in [1.165, 1.54) is 7.11 Å². The fraction of sp³-hybridized carbons (Fsp3) is 0.714. The summed E-state index contributed by atoms with van der Waals surface area (Å²) in [6.07, 6.45) is 0.625. The highest BCUT2D eigenvalue weighted by Crippen LogP contribution is 2.17. The minimum absolute atomic E-state index is 0.266. The smallest absolute Gasteiger partial charge is 0.333 e. The first-order valence-corrected chi connectivity index (χ1v) is 3.47. The number of hydrazone groups is 1. The Morgan fingerprint density at radius 3 is 2.82 bits per heavy atom. The molecule has 0 fully saturated rings. The van der Waals surface area contributed by atoms with E-state index in [1.54, 1.807) is 6.92 Å². The Kier molecular flexibility index (Phi) is 1.85. The summed E-state index contributed by atoms with van der Waals surface area (Å²) < 4.78 is 4.61. The summed E-state index contributed by atoms with van der Waals surface area (Å²) in [5, 5.41) is 3.92. The molecule has 4 nitrogen and oxygen atoms in total. The van der Waals surface area contributed by atoms with E-state index in [1.807, 2.05) is 6.92 Å². The molecular weight excluding hydrogens is 144 g/mol. The molecule has 0 amide bonds. The van der Waals surface area contributed by atoms with Gasteiger partial charge in [-0.05, 0) is 13.8 Å². The fourth-order valence-electron chi connectivity index (χ4n) is 1.15. The first-order chi connectivity index (χ1) is 5.08. The van der Waals surface area contributed by atoms with Crippen LogP contribution in [0.3, 0.4) is 0 Å². The van der Waals surface area contributed by atoms with Gasteiger partial charge >= 0.3 is 5.97 Å². The second-order valence-corrected chi connectivity index (χ2v) is 2.96. The summed E-state index contributed by atoms with van der Waals surface area (Å²) in [4.78, 5) is 11.1. The van der Waals surface area contributed by atoms with E-state index in [-0.39, 0.29) is 5.97 Å². The maximum Gasteiger partial charge on any atom is 0.333 e. The summed E-state index contributed by atoms with van der Waals surface area (Å²) in [7, 11) is 1.38. The van der Waals surface area contributed by atoms with Gasteiger partial charge in [-0.1, -0.05) is 0 Å². The van der Waals surface area contributed by atoms with Gasteiger partial charge in [-0.25, -0.2) is 4.79 Å². The van der Waals surface area contributed by atoms with Crippen molar-refractivity contribution in [2.24, 2.45) is 5.10 Å². The maximum absolute atomic E-state index is 11.1. The van der Waals surface area contributed by atoms with Crippen LogP contribution in [0.4, 0.5) is 0 Å². The van der Waals surface area contributed by atoms with Crippen molar-refractivity contribution in [1.29, 1.82) is 0 Å². The van der Waals surface area contributed by atoms with Gasteiger partial charge in [0.1, 0.15) is 0 Å². The van der Waals surface area contributed by atoms with Crippen molar-refractivity contribution in [2.45, 2.75) is 25.8 Å². The third-order valence-corrected chi connectivity index (χ3v) is 1.74. The lowest BCUT2D eigenvalue weighted by atomic mass is 9.98. The molecule has 0 aromatic rings. The molecule has 0 saturated carbocycles. The minimum Gasteiger partial charge on any atom is -0.467 e. The van der Waals surface area contributed by atoms with Crippen molar-refractivity contribution in [3.63, 3.8) is 0 Å². The number of nitrogens with zero attached hydrogens (tertiary/aromatic N) is 1. The van der Waals surface area contributed by atoms with Crippen molar-refractivity contribution in [3.8, 4) is 0 Å². The number of nitrogens with one attached hydrogen (secondary N) is 1. The van der Waals surface area contributed by atoms with Gasteiger partial charge in [0, 0.05) is 12.1 Å². The molecule has 62 valence electrons. The Morgan fingerprint density at radius 2 is 2.45 bits per heavy atom. The average Bonchev–Trinajstić information content (AvgIpc) is 2.31. The molecule has 0 radical (unpaired) electrons. The lowest BCUT2D eigenvalue weighted by Gasteiger charge is -2.19. The van der Waals surface area contributed by atoms with Gasteiger partial charge in [0.25, 0.3) is 0 Å². The summed E-state index contributed by atoms with van der Waals surface area (Å²) in [6.45, 7) is 3.65. The predicted molar refractivity (Wildman–Crippen MR) is 41.3 cm³/mol. The van der Waals surface area contributed by atoms with Crippen LogP contribution in [-0.4, -0.2) is 24.3 Å². The summed E-state index contributed by atoms with van der Waals surface area (Å²) in [5.41, 5.74) is 3.04. The van der Waals surface area contributed by atoms with E-state index >= 15 is 0 Å². The van der Waals surface area contributed by atoms with Gasteiger partial charge in [-0.15, -0.1) is 0 Å². The van der Waals surface area contributed by atoms with Gasteiger partial charge in [0.05, 0.1) is 7.11 Å². The van der Waals surface area contributed by atoms with E-state index in [0.717, 1.165) is 5.71 Å². The fourth-order valence-corrected chi connectivity index (χ4v) is 1.15. The molecule has 1 aliphatic rings. The number of methoxy groups -OCH3 is 1. The normalized spacial score (nSPS) is 29.2. The lowest BCUT2D eigenvalue weighted by molar-refractivity contribution is -0.147. The molecule has 1 unspecified atom stereocenters. The van der Waals surface area contributed by atoms with Crippen LogP contribution in [0, 0.1) is 0 Å². The molecule has 1 aliphatic heterocycles. The molecule has 0 aromatic heterocycles.